The van der Waals surface area contributed by atoms with Crippen molar-refractivity contribution < 1.29 is 4.39 Å². The SMILES string of the molecule is CC#CCn1cc(-c2c(-c3cccc(F)c3)nc(N)n(CC)c2=O)ccc1=O. The fourth-order valence-electron chi connectivity index (χ4n) is 2.95. The molecule has 0 aliphatic heterocycles. The van der Waals surface area contributed by atoms with Crippen LogP contribution in [0.15, 0.2) is 52.2 Å². The van der Waals surface area contributed by atoms with Crippen LogP contribution in [-0.4, -0.2) is 14.1 Å². The summed E-state index contributed by atoms with van der Waals surface area (Å²) in [5, 5.41) is 0. The molecule has 2 aromatic heterocycles. The molecule has 0 aliphatic rings. The van der Waals surface area contributed by atoms with Crippen LogP contribution in [0.4, 0.5) is 10.3 Å². The Kier molecular flexibility index (Phi) is 5.41. The van der Waals surface area contributed by atoms with Gasteiger partial charge in [-0.2, -0.15) is 0 Å². The van der Waals surface area contributed by atoms with Crippen LogP contribution in [0.5, 0.6) is 0 Å². The van der Waals surface area contributed by atoms with Crippen molar-refractivity contribution in [2.75, 3.05) is 5.73 Å². The van der Waals surface area contributed by atoms with Gasteiger partial charge in [0.25, 0.3) is 11.1 Å². The average molecular weight is 378 g/mol. The number of nitrogen functional groups attached to an aromatic ring is 1. The number of nitrogens with zero attached hydrogens (tertiary/aromatic N) is 3. The first-order chi connectivity index (χ1) is 13.5. The summed E-state index contributed by atoms with van der Waals surface area (Å²) in [6.45, 7) is 3.99. The highest BCUT2D eigenvalue weighted by molar-refractivity contribution is 5.80. The van der Waals surface area contributed by atoms with Crippen LogP contribution >= 0.6 is 0 Å². The summed E-state index contributed by atoms with van der Waals surface area (Å²) >= 11 is 0. The van der Waals surface area contributed by atoms with Crippen molar-refractivity contribution in [1.82, 2.24) is 14.1 Å². The van der Waals surface area contributed by atoms with Gasteiger partial charge in [0, 0.05) is 29.9 Å². The third-order valence-corrected chi connectivity index (χ3v) is 4.31. The molecule has 2 heterocycles. The van der Waals surface area contributed by atoms with Gasteiger partial charge >= 0.3 is 0 Å². The van der Waals surface area contributed by atoms with Crippen LogP contribution in [0.3, 0.4) is 0 Å². The second-order valence-electron chi connectivity index (χ2n) is 6.06. The molecular weight excluding hydrogens is 359 g/mol. The predicted octanol–water partition coefficient (Wildman–Crippen LogP) is 2.50. The Morgan fingerprint density at radius 3 is 2.64 bits per heavy atom. The van der Waals surface area contributed by atoms with E-state index in [0.717, 1.165) is 0 Å². The third-order valence-electron chi connectivity index (χ3n) is 4.31. The molecule has 1 aromatic carbocycles. The zero-order valence-electron chi connectivity index (χ0n) is 15.6. The van der Waals surface area contributed by atoms with Gasteiger partial charge in [0.2, 0.25) is 5.95 Å². The quantitative estimate of drug-likeness (QED) is 0.707. The van der Waals surface area contributed by atoms with Crippen LogP contribution in [0.2, 0.25) is 0 Å². The summed E-state index contributed by atoms with van der Waals surface area (Å²) in [7, 11) is 0. The van der Waals surface area contributed by atoms with E-state index in [0.29, 0.717) is 17.7 Å². The topological polar surface area (TPSA) is 82.9 Å². The summed E-state index contributed by atoms with van der Waals surface area (Å²) in [5.41, 5.74) is 6.78. The first kappa shape index (κ1) is 19.1. The number of halogens is 1. The highest BCUT2D eigenvalue weighted by Crippen LogP contribution is 2.28. The van der Waals surface area contributed by atoms with E-state index >= 15 is 0 Å². The fourth-order valence-corrected chi connectivity index (χ4v) is 2.95. The van der Waals surface area contributed by atoms with Gasteiger partial charge in [0.1, 0.15) is 5.82 Å². The number of benzene rings is 1. The van der Waals surface area contributed by atoms with Crippen molar-refractivity contribution in [3.8, 4) is 34.2 Å². The molecule has 0 radical (unpaired) electrons. The Hall–Kier alpha value is -3.66. The van der Waals surface area contributed by atoms with Crippen LogP contribution in [0.25, 0.3) is 22.4 Å². The maximum atomic E-state index is 13.8. The van der Waals surface area contributed by atoms with E-state index in [1.54, 1.807) is 32.2 Å². The lowest BCUT2D eigenvalue weighted by Crippen LogP contribution is -2.27. The summed E-state index contributed by atoms with van der Waals surface area (Å²) in [6, 6.07) is 8.71. The molecule has 0 saturated carbocycles. The second-order valence-corrected chi connectivity index (χ2v) is 6.06. The van der Waals surface area contributed by atoms with Crippen molar-refractivity contribution >= 4 is 5.95 Å². The molecule has 28 heavy (non-hydrogen) atoms. The highest BCUT2D eigenvalue weighted by Gasteiger charge is 2.19. The lowest BCUT2D eigenvalue weighted by atomic mass is 10.0. The molecule has 0 bridgehead atoms. The molecule has 142 valence electrons. The van der Waals surface area contributed by atoms with Gasteiger partial charge in [-0.25, -0.2) is 9.37 Å². The average Bonchev–Trinajstić information content (AvgIpc) is 2.67. The van der Waals surface area contributed by atoms with Crippen LogP contribution in [-0.2, 0) is 13.1 Å². The van der Waals surface area contributed by atoms with Crippen LogP contribution in [0, 0.1) is 17.7 Å². The van der Waals surface area contributed by atoms with Gasteiger partial charge in [-0.1, -0.05) is 18.1 Å². The molecule has 0 aliphatic carbocycles. The molecule has 6 nitrogen and oxygen atoms in total. The smallest absolute Gasteiger partial charge is 0.263 e. The van der Waals surface area contributed by atoms with Gasteiger partial charge in [-0.15, -0.1) is 5.92 Å². The first-order valence-electron chi connectivity index (χ1n) is 8.73. The summed E-state index contributed by atoms with van der Waals surface area (Å²) in [6.07, 6.45) is 1.56. The van der Waals surface area contributed by atoms with Gasteiger partial charge in [-0.3, -0.25) is 14.2 Å². The second kappa shape index (κ2) is 7.92. The minimum atomic E-state index is -0.452. The van der Waals surface area contributed by atoms with E-state index in [9.17, 15) is 14.0 Å². The molecular formula is C21H19FN4O2. The Balaban J connectivity index is 2.34. The highest BCUT2D eigenvalue weighted by atomic mass is 19.1. The number of hydrogen-bond donors (Lipinski definition) is 1. The van der Waals surface area contributed by atoms with Gasteiger partial charge in [0.05, 0.1) is 17.8 Å². The third kappa shape index (κ3) is 3.58. The lowest BCUT2D eigenvalue weighted by Gasteiger charge is -2.15. The molecule has 0 saturated heterocycles. The maximum Gasteiger partial charge on any atom is 0.263 e. The molecule has 2 N–H and O–H groups in total. The monoisotopic (exact) mass is 378 g/mol. The zero-order valence-corrected chi connectivity index (χ0v) is 15.6. The van der Waals surface area contributed by atoms with E-state index in [1.165, 1.54) is 33.4 Å². The van der Waals surface area contributed by atoms with E-state index in [-0.39, 0.29) is 34.9 Å². The zero-order chi connectivity index (χ0) is 20.3. The summed E-state index contributed by atoms with van der Waals surface area (Å²) < 4.78 is 16.5. The van der Waals surface area contributed by atoms with E-state index in [2.05, 4.69) is 16.8 Å². The molecule has 3 rings (SSSR count). The van der Waals surface area contributed by atoms with Crippen LogP contribution in [0.1, 0.15) is 13.8 Å². The minimum Gasteiger partial charge on any atom is -0.369 e. The lowest BCUT2D eigenvalue weighted by molar-refractivity contribution is 0.628. The normalized spacial score (nSPS) is 10.4. The molecule has 7 heteroatoms. The van der Waals surface area contributed by atoms with E-state index in [4.69, 9.17) is 5.73 Å². The molecule has 0 fully saturated rings. The number of aromatic nitrogens is 3. The Morgan fingerprint density at radius 2 is 1.96 bits per heavy atom. The first-order valence-corrected chi connectivity index (χ1v) is 8.73. The minimum absolute atomic E-state index is 0.0423. The molecule has 0 unspecified atom stereocenters. The van der Waals surface area contributed by atoms with E-state index < -0.39 is 5.82 Å². The largest absolute Gasteiger partial charge is 0.369 e. The Bertz CT molecular complexity index is 1220. The molecule has 0 spiro atoms. The fraction of sp³-hybridized carbons (Fsp3) is 0.190. The number of hydrogen-bond acceptors (Lipinski definition) is 4. The Labute approximate surface area is 161 Å². The van der Waals surface area contributed by atoms with Crippen molar-refractivity contribution in [2.24, 2.45) is 0 Å². The number of rotatable bonds is 4. The maximum absolute atomic E-state index is 13.8. The molecule has 0 atom stereocenters. The van der Waals surface area contributed by atoms with E-state index in [1.807, 2.05) is 0 Å². The number of anilines is 1. The Morgan fingerprint density at radius 1 is 1.18 bits per heavy atom. The van der Waals surface area contributed by atoms with Gasteiger partial charge < -0.3 is 10.3 Å². The van der Waals surface area contributed by atoms with Crippen molar-refractivity contribution in [2.45, 2.75) is 26.9 Å². The van der Waals surface area contributed by atoms with Crippen LogP contribution < -0.4 is 16.9 Å². The van der Waals surface area contributed by atoms with Crippen molar-refractivity contribution in [3.05, 3.63) is 69.1 Å². The van der Waals surface area contributed by atoms with Gasteiger partial charge in [-0.05, 0) is 32.0 Å². The summed E-state index contributed by atoms with van der Waals surface area (Å²) in [4.78, 5) is 29.6. The predicted molar refractivity (Wildman–Crippen MR) is 107 cm³/mol. The summed E-state index contributed by atoms with van der Waals surface area (Å²) in [5.74, 6) is 5.16. The standard InChI is InChI=1S/C21H19FN4O2/c1-3-5-11-25-13-15(9-10-17(25)27)18-19(14-7-6-8-16(22)12-14)24-21(23)26(4-2)20(18)28/h6-10,12-13H,4,11H2,1-2H3,(H2,23,24). The molecule has 0 amide bonds. The number of pyridine rings is 1. The van der Waals surface area contributed by atoms with Gasteiger partial charge in [0.15, 0.2) is 0 Å². The molecule has 3 aromatic rings. The number of nitrogens with two attached hydrogens (primary N) is 1. The van der Waals surface area contributed by atoms with Crippen molar-refractivity contribution in [3.63, 3.8) is 0 Å². The van der Waals surface area contributed by atoms with Crippen molar-refractivity contribution in [1.29, 1.82) is 0 Å².